The highest BCUT2D eigenvalue weighted by atomic mass is 32.1. The molecule has 0 aliphatic carbocycles. The molecule has 0 spiro atoms. The number of rotatable bonds is 1. The van der Waals surface area contributed by atoms with Gasteiger partial charge in [-0.2, -0.15) is 0 Å². The maximum absolute atomic E-state index is 12.1. The van der Waals surface area contributed by atoms with Crippen molar-refractivity contribution in [1.29, 1.82) is 0 Å². The molecule has 1 saturated heterocycles. The van der Waals surface area contributed by atoms with Gasteiger partial charge in [0.1, 0.15) is 17.8 Å². The van der Waals surface area contributed by atoms with E-state index in [1.807, 2.05) is 0 Å². The standard InChI is InChI=1S/C10H11N3O3S/c1-10(2)9(16)12-7(14)3-13(10)8(15)6-4-17-5-11-6/h4-5H,3H2,1-2H3,(H,12,14,16). The Balaban J connectivity index is 2.33. The van der Waals surface area contributed by atoms with E-state index in [2.05, 4.69) is 10.3 Å². The Kier molecular flexibility index (Phi) is 2.70. The number of aromatic nitrogens is 1. The zero-order valence-corrected chi connectivity index (χ0v) is 10.2. The fourth-order valence-electron chi connectivity index (χ4n) is 1.57. The lowest BCUT2D eigenvalue weighted by atomic mass is 9.98. The summed E-state index contributed by atoms with van der Waals surface area (Å²) in [5.74, 6) is -1.35. The lowest BCUT2D eigenvalue weighted by Crippen LogP contribution is -2.65. The van der Waals surface area contributed by atoms with Gasteiger partial charge in [0, 0.05) is 5.38 Å². The van der Waals surface area contributed by atoms with Crippen molar-refractivity contribution in [2.45, 2.75) is 19.4 Å². The lowest BCUT2D eigenvalue weighted by Gasteiger charge is -2.39. The molecule has 1 aromatic heterocycles. The molecule has 0 saturated carbocycles. The number of nitrogens with one attached hydrogen (secondary N) is 1. The summed E-state index contributed by atoms with van der Waals surface area (Å²) in [6, 6.07) is 0. The van der Waals surface area contributed by atoms with Gasteiger partial charge >= 0.3 is 0 Å². The maximum Gasteiger partial charge on any atom is 0.274 e. The minimum Gasteiger partial charge on any atom is -0.314 e. The molecule has 1 aromatic rings. The van der Waals surface area contributed by atoms with Crippen molar-refractivity contribution in [1.82, 2.24) is 15.2 Å². The molecular weight excluding hydrogens is 242 g/mol. The maximum atomic E-state index is 12.1. The third kappa shape index (κ3) is 1.93. The number of hydrogen-bond acceptors (Lipinski definition) is 5. The third-order valence-electron chi connectivity index (χ3n) is 2.68. The van der Waals surface area contributed by atoms with E-state index in [4.69, 9.17) is 0 Å². The molecule has 1 N–H and O–H groups in total. The molecule has 0 aromatic carbocycles. The Morgan fingerprint density at radius 3 is 2.82 bits per heavy atom. The van der Waals surface area contributed by atoms with Gasteiger partial charge in [0.15, 0.2) is 0 Å². The largest absolute Gasteiger partial charge is 0.314 e. The first-order chi connectivity index (χ1) is 7.93. The third-order valence-corrected chi connectivity index (χ3v) is 3.27. The fraction of sp³-hybridized carbons (Fsp3) is 0.400. The van der Waals surface area contributed by atoms with Gasteiger partial charge in [0.05, 0.1) is 5.51 Å². The molecule has 0 bridgehead atoms. The summed E-state index contributed by atoms with van der Waals surface area (Å²) in [4.78, 5) is 40.2. The molecule has 0 atom stereocenters. The van der Waals surface area contributed by atoms with Gasteiger partial charge in [-0.1, -0.05) is 0 Å². The number of imide groups is 1. The molecule has 1 aliphatic rings. The van der Waals surface area contributed by atoms with Crippen LogP contribution in [0.4, 0.5) is 0 Å². The fourth-order valence-corrected chi connectivity index (χ4v) is 2.09. The summed E-state index contributed by atoms with van der Waals surface area (Å²) in [7, 11) is 0. The molecule has 0 unspecified atom stereocenters. The number of nitrogens with zero attached hydrogens (tertiary/aromatic N) is 2. The Labute approximate surface area is 102 Å². The van der Waals surface area contributed by atoms with Crippen molar-refractivity contribution in [2.75, 3.05) is 6.54 Å². The topological polar surface area (TPSA) is 79.4 Å². The second-order valence-corrected chi connectivity index (χ2v) is 4.92. The minimum absolute atomic E-state index is 0.130. The average molecular weight is 253 g/mol. The molecule has 2 heterocycles. The molecule has 6 nitrogen and oxygen atoms in total. The number of carbonyl (C=O) groups is 3. The summed E-state index contributed by atoms with van der Waals surface area (Å²) < 4.78 is 0. The van der Waals surface area contributed by atoms with E-state index in [1.54, 1.807) is 19.2 Å². The second-order valence-electron chi connectivity index (χ2n) is 4.20. The van der Waals surface area contributed by atoms with Crippen molar-refractivity contribution < 1.29 is 14.4 Å². The Morgan fingerprint density at radius 1 is 1.53 bits per heavy atom. The first-order valence-electron chi connectivity index (χ1n) is 4.97. The molecule has 1 aliphatic heterocycles. The van der Waals surface area contributed by atoms with E-state index in [9.17, 15) is 14.4 Å². The van der Waals surface area contributed by atoms with Crippen LogP contribution < -0.4 is 5.32 Å². The monoisotopic (exact) mass is 253 g/mol. The Morgan fingerprint density at radius 2 is 2.24 bits per heavy atom. The number of carbonyl (C=O) groups excluding carboxylic acids is 3. The molecule has 17 heavy (non-hydrogen) atoms. The van der Waals surface area contributed by atoms with Gasteiger partial charge in [-0.3, -0.25) is 19.7 Å². The van der Waals surface area contributed by atoms with Crippen molar-refractivity contribution in [3.8, 4) is 0 Å². The zero-order valence-electron chi connectivity index (χ0n) is 9.39. The van der Waals surface area contributed by atoms with Gasteiger partial charge in [-0.25, -0.2) is 4.98 Å². The minimum atomic E-state index is -1.05. The Bertz CT molecular complexity index is 481. The van der Waals surface area contributed by atoms with Crippen molar-refractivity contribution in [3.63, 3.8) is 0 Å². The van der Waals surface area contributed by atoms with Crippen LogP contribution in [-0.4, -0.2) is 39.7 Å². The average Bonchev–Trinajstić information content (AvgIpc) is 2.76. The van der Waals surface area contributed by atoms with Crippen LogP contribution in [0, 0.1) is 0 Å². The summed E-state index contributed by atoms with van der Waals surface area (Å²) in [6.07, 6.45) is 0. The highest BCUT2D eigenvalue weighted by molar-refractivity contribution is 7.07. The Hall–Kier alpha value is -1.76. The normalized spacial score (nSPS) is 19.1. The highest BCUT2D eigenvalue weighted by Gasteiger charge is 2.44. The zero-order chi connectivity index (χ0) is 12.6. The van der Waals surface area contributed by atoms with Crippen LogP contribution in [-0.2, 0) is 9.59 Å². The molecule has 3 amide bonds. The van der Waals surface area contributed by atoms with Crippen molar-refractivity contribution in [3.05, 3.63) is 16.6 Å². The van der Waals surface area contributed by atoms with Crippen LogP contribution in [0.3, 0.4) is 0 Å². The first kappa shape index (κ1) is 11.7. The van der Waals surface area contributed by atoms with E-state index < -0.39 is 23.3 Å². The molecule has 1 fully saturated rings. The smallest absolute Gasteiger partial charge is 0.274 e. The number of hydrogen-bond donors (Lipinski definition) is 1. The van der Waals surface area contributed by atoms with E-state index in [-0.39, 0.29) is 12.2 Å². The first-order valence-corrected chi connectivity index (χ1v) is 5.91. The van der Waals surface area contributed by atoms with Gasteiger partial charge in [0.25, 0.3) is 11.8 Å². The van der Waals surface area contributed by atoms with E-state index in [0.29, 0.717) is 0 Å². The van der Waals surface area contributed by atoms with Crippen molar-refractivity contribution in [2.24, 2.45) is 0 Å². The van der Waals surface area contributed by atoms with Gasteiger partial charge in [-0.15, -0.1) is 11.3 Å². The molecule has 2 rings (SSSR count). The second kappa shape index (κ2) is 3.92. The number of amides is 3. The summed E-state index contributed by atoms with van der Waals surface area (Å²) >= 11 is 1.29. The van der Waals surface area contributed by atoms with Crippen LogP contribution in [0.5, 0.6) is 0 Å². The summed E-state index contributed by atoms with van der Waals surface area (Å²) in [5, 5.41) is 3.80. The number of thiazole rings is 1. The van der Waals surface area contributed by atoms with E-state index in [0.717, 1.165) is 0 Å². The van der Waals surface area contributed by atoms with Crippen LogP contribution in [0.15, 0.2) is 10.9 Å². The predicted octanol–water partition coefficient (Wildman–Crippen LogP) is 0.0203. The molecule has 0 radical (unpaired) electrons. The lowest BCUT2D eigenvalue weighted by molar-refractivity contribution is -0.143. The highest BCUT2D eigenvalue weighted by Crippen LogP contribution is 2.20. The SMILES string of the molecule is CC1(C)C(=O)NC(=O)CN1C(=O)c1cscn1. The van der Waals surface area contributed by atoms with Crippen LogP contribution in [0.2, 0.25) is 0 Å². The van der Waals surface area contributed by atoms with Gasteiger partial charge in [0.2, 0.25) is 5.91 Å². The molecular formula is C10H11N3O3S. The summed E-state index contributed by atoms with van der Waals surface area (Å²) in [5.41, 5.74) is 0.742. The summed E-state index contributed by atoms with van der Waals surface area (Å²) in [6.45, 7) is 3.06. The quantitative estimate of drug-likeness (QED) is 0.716. The number of piperazine rings is 1. The molecule has 7 heteroatoms. The predicted molar refractivity (Wildman–Crippen MR) is 60.4 cm³/mol. The van der Waals surface area contributed by atoms with E-state index in [1.165, 1.54) is 21.7 Å². The van der Waals surface area contributed by atoms with Gasteiger partial charge < -0.3 is 4.90 Å². The van der Waals surface area contributed by atoms with Crippen molar-refractivity contribution >= 4 is 29.1 Å². The van der Waals surface area contributed by atoms with Gasteiger partial charge in [-0.05, 0) is 13.8 Å². The van der Waals surface area contributed by atoms with E-state index >= 15 is 0 Å². The van der Waals surface area contributed by atoms with Crippen LogP contribution in [0.1, 0.15) is 24.3 Å². The van der Waals surface area contributed by atoms with Crippen LogP contribution in [0.25, 0.3) is 0 Å². The molecule has 90 valence electrons. The van der Waals surface area contributed by atoms with Crippen LogP contribution >= 0.6 is 11.3 Å².